The molecule has 4 unspecified atom stereocenters. The number of hydrogen-bond acceptors (Lipinski definition) is 20. The van der Waals surface area contributed by atoms with Gasteiger partial charge in [0, 0.05) is 69.6 Å². The number of anilines is 1. The Labute approximate surface area is 479 Å². The number of nitrogens with one attached hydrogen (secondary N) is 7. The number of carbonyl (C=O) groups is 7. The van der Waals surface area contributed by atoms with Crippen molar-refractivity contribution >= 4 is 72.0 Å². The maximum atomic E-state index is 12.8. The summed E-state index contributed by atoms with van der Waals surface area (Å²) < 4.78 is 45.8. The molecule has 30 nitrogen and oxygen atoms in total. The fraction of sp³-hybridized carbons (Fsp3) is 0.640. The molecule has 0 radical (unpaired) electrons. The van der Waals surface area contributed by atoms with Gasteiger partial charge in [-0.3, -0.25) is 47.7 Å². The molecule has 1 fully saturated rings. The molecule has 7 amide bonds. The van der Waals surface area contributed by atoms with Gasteiger partial charge in [0.1, 0.15) is 42.2 Å². The van der Waals surface area contributed by atoms with Gasteiger partial charge >= 0.3 is 7.60 Å². The average molecular weight is 1200 g/mol. The van der Waals surface area contributed by atoms with Gasteiger partial charge in [-0.25, -0.2) is 0 Å². The summed E-state index contributed by atoms with van der Waals surface area (Å²) in [7, 11) is -4.39. The summed E-state index contributed by atoms with van der Waals surface area (Å²) in [5, 5.41) is 58.7. The van der Waals surface area contributed by atoms with Crippen molar-refractivity contribution in [2.24, 2.45) is 0 Å². The molecule has 1 aromatic carbocycles. The Bertz CT molecular complexity index is 2440. The minimum atomic E-state index is -4.39. The van der Waals surface area contributed by atoms with E-state index in [1.54, 1.807) is 35.1 Å². The fourth-order valence-corrected chi connectivity index (χ4v) is 8.44. The number of aromatic nitrogens is 3. The van der Waals surface area contributed by atoms with Gasteiger partial charge < -0.3 is 90.7 Å². The van der Waals surface area contributed by atoms with Crippen LogP contribution in [0.2, 0.25) is 0 Å². The number of aliphatic hydroxyl groups excluding tert-OH is 3. The van der Waals surface area contributed by atoms with Crippen LogP contribution < -0.4 is 42.0 Å². The zero-order valence-corrected chi connectivity index (χ0v) is 47.8. The van der Waals surface area contributed by atoms with Crippen LogP contribution in [0.15, 0.2) is 42.6 Å². The summed E-state index contributed by atoms with van der Waals surface area (Å²) in [5.74, 6) is -2.82. The van der Waals surface area contributed by atoms with Crippen molar-refractivity contribution < 1.29 is 91.7 Å². The van der Waals surface area contributed by atoms with Crippen LogP contribution in [0, 0.1) is 0 Å². The van der Waals surface area contributed by atoms with Gasteiger partial charge in [0.2, 0.25) is 35.8 Å². The Hall–Kier alpha value is -6.09. The van der Waals surface area contributed by atoms with E-state index in [1.807, 2.05) is 0 Å². The minimum absolute atomic E-state index is 0.101. The molecular weight excluding hydrogens is 1120 g/mol. The molecule has 0 saturated carbocycles. The molecule has 2 aliphatic rings. The second kappa shape index (κ2) is 36.5. The number of imide groups is 1. The number of benzene rings is 1. The molecule has 458 valence electrons. The number of hydrogen-bond donors (Lipinski definition) is 12. The first-order valence-corrected chi connectivity index (χ1v) is 29.0. The zero-order valence-electron chi connectivity index (χ0n) is 46.1. The molecule has 12 N–H and O–H groups in total. The maximum Gasteiger partial charge on any atom is 0.325 e. The largest absolute Gasteiger partial charge is 0.462 e. The van der Waals surface area contributed by atoms with Crippen molar-refractivity contribution in [1.29, 1.82) is 0 Å². The molecule has 2 aliphatic heterocycles. The Kier molecular flexibility index (Phi) is 30.4. The van der Waals surface area contributed by atoms with Crippen LogP contribution in [0.25, 0.3) is 0 Å². The van der Waals surface area contributed by atoms with Crippen LogP contribution in [0.3, 0.4) is 0 Å². The van der Waals surface area contributed by atoms with Crippen LogP contribution in [0.4, 0.5) is 5.69 Å². The molecule has 2 aromatic rings. The third-order valence-corrected chi connectivity index (χ3v) is 13.3. The van der Waals surface area contributed by atoms with Gasteiger partial charge in [-0.1, -0.05) is 5.21 Å². The van der Waals surface area contributed by atoms with E-state index in [-0.39, 0.29) is 82.9 Å². The molecule has 8 atom stereocenters. The molecule has 0 bridgehead atoms. The second-order valence-corrected chi connectivity index (χ2v) is 21.2. The van der Waals surface area contributed by atoms with Gasteiger partial charge in [0.25, 0.3) is 11.8 Å². The molecule has 1 saturated heterocycles. The molecule has 32 heteroatoms. The predicted octanol–water partition coefficient (Wildman–Crippen LogP) is -2.75. The molecular formula is C50H78N11O19PS. The van der Waals surface area contributed by atoms with Crippen molar-refractivity contribution in [3.05, 3.63) is 48.3 Å². The molecule has 82 heavy (non-hydrogen) atoms. The van der Waals surface area contributed by atoms with Crippen molar-refractivity contribution in [2.75, 3.05) is 90.5 Å². The van der Waals surface area contributed by atoms with Crippen LogP contribution in [0.1, 0.15) is 65.0 Å². The maximum absolute atomic E-state index is 12.8. The van der Waals surface area contributed by atoms with E-state index in [0.717, 1.165) is 23.4 Å². The highest BCUT2D eigenvalue weighted by molar-refractivity contribution is 7.80. The minimum Gasteiger partial charge on any atom is -0.462 e. The van der Waals surface area contributed by atoms with Gasteiger partial charge in [0.15, 0.2) is 5.11 Å². The third kappa shape index (κ3) is 26.4. The summed E-state index contributed by atoms with van der Waals surface area (Å²) in [6.07, 6.45) is -1.27. The smallest absolute Gasteiger partial charge is 0.325 e. The van der Waals surface area contributed by atoms with Crippen molar-refractivity contribution in [2.45, 2.75) is 121 Å². The first-order valence-electron chi connectivity index (χ1n) is 26.8. The third-order valence-electron chi connectivity index (χ3n) is 12.2. The number of thiocarbonyl (C=S) groups is 1. The van der Waals surface area contributed by atoms with E-state index in [1.165, 1.54) is 32.9 Å². The number of rotatable bonds is 39. The molecule has 0 spiro atoms. The van der Waals surface area contributed by atoms with E-state index in [4.69, 9.17) is 40.6 Å². The number of unbranched alkanes of at least 4 members (excludes halogenated alkanes) is 1. The quantitative estimate of drug-likeness (QED) is 0.0140. The van der Waals surface area contributed by atoms with Crippen LogP contribution >= 0.6 is 19.8 Å². The van der Waals surface area contributed by atoms with E-state index in [2.05, 4.69) is 47.5 Å². The number of aryl methyl sites for hydroxylation is 2. The topological polar surface area (TPSA) is 411 Å². The Morgan fingerprint density at radius 1 is 0.683 bits per heavy atom. The normalized spacial score (nSPS) is 19.0. The Morgan fingerprint density at radius 2 is 1.28 bits per heavy atom. The van der Waals surface area contributed by atoms with Crippen LogP contribution in [-0.2, 0) is 74.8 Å². The summed E-state index contributed by atoms with van der Waals surface area (Å²) >= 11 is 5.40. The van der Waals surface area contributed by atoms with Gasteiger partial charge in [0.05, 0.1) is 70.8 Å². The summed E-state index contributed by atoms with van der Waals surface area (Å²) in [4.78, 5) is 105. The van der Waals surface area contributed by atoms with Crippen LogP contribution in [0.5, 0.6) is 5.75 Å². The molecule has 4 rings (SSSR count). The first kappa shape index (κ1) is 68.4. The monoisotopic (exact) mass is 1200 g/mol. The first-order chi connectivity index (χ1) is 39.1. The highest BCUT2D eigenvalue weighted by Gasteiger charge is 2.45. The lowest BCUT2D eigenvalue weighted by Gasteiger charge is -2.40. The Morgan fingerprint density at radius 3 is 1.91 bits per heavy atom. The lowest BCUT2D eigenvalue weighted by Crippen LogP contribution is -2.59. The molecule has 3 heterocycles. The van der Waals surface area contributed by atoms with E-state index in [0.29, 0.717) is 63.2 Å². The lowest BCUT2D eigenvalue weighted by molar-refractivity contribution is -0.272. The molecule has 0 aliphatic carbocycles. The van der Waals surface area contributed by atoms with E-state index < -0.39 is 92.1 Å². The summed E-state index contributed by atoms with van der Waals surface area (Å²) in [5.41, 5.74) is 1.39. The summed E-state index contributed by atoms with van der Waals surface area (Å²) in [6.45, 7) is 8.03. The standard InChI is InChI=1S/C50H78N11O19PS/c1-32(46(69)52-19-23-76-25-27-78-29-28-77-26-24-75-22-15-39(62)51-18-21-61-41(64)13-14-42(61)65)55-48(71)34(3)56-47(70)33(2)54-40(63)8-6-20-60-31-36(58-59-60)7-4-5-17-53-50(82)57-35-9-11-37(12-10-35)79-49-45(68)44(67)43(66)38(80-49)16-30-81(72,73)74/h9-14,31-34,38,43-45,49,66-68H,4-8,15-30H2,1-3H3,(H,51,62)(H,52,69)(H,54,63)(H,55,71)(H,56,70)(H2,53,57,82)(H2,72,73,74)/t32?,33?,34?,38-,43-,44+,45+,49?/m1/s1. The number of ether oxygens (including phenoxy) is 6. The SMILES string of the molecule is CC(NC(=O)CCCn1cc(CCCCNC(=S)Nc2ccc(OC3O[C@H](CCP(=O)(O)O)[C@@H](O)[C@H](O)[C@@H]3O)cc2)nn1)C(=O)NC(C)C(=O)NC(C)C(=O)NCCOCCOCCOCCOCCC(=O)NCCN1C(=O)C=CC1=O. The second-order valence-electron chi connectivity index (χ2n) is 19.0. The van der Waals surface area contributed by atoms with Gasteiger partial charge in [-0.15, -0.1) is 5.10 Å². The van der Waals surface area contributed by atoms with Crippen molar-refractivity contribution in [3.63, 3.8) is 0 Å². The predicted molar refractivity (Wildman–Crippen MR) is 294 cm³/mol. The fourth-order valence-electron chi connectivity index (χ4n) is 7.63. The van der Waals surface area contributed by atoms with E-state index in [9.17, 15) is 63.2 Å². The lowest BCUT2D eigenvalue weighted by atomic mass is 9.97. The summed E-state index contributed by atoms with van der Waals surface area (Å²) in [6, 6.07) is 3.57. The van der Waals surface area contributed by atoms with Gasteiger partial charge in [-0.2, -0.15) is 0 Å². The zero-order chi connectivity index (χ0) is 60.0. The van der Waals surface area contributed by atoms with Crippen LogP contribution in [-0.4, -0.2) is 225 Å². The number of aliphatic hydroxyl groups is 3. The van der Waals surface area contributed by atoms with Crippen molar-refractivity contribution in [1.82, 2.24) is 51.8 Å². The molecule has 1 aromatic heterocycles. The number of amides is 7. The highest BCUT2D eigenvalue weighted by atomic mass is 32.1. The van der Waals surface area contributed by atoms with E-state index >= 15 is 0 Å². The van der Waals surface area contributed by atoms with Crippen molar-refractivity contribution in [3.8, 4) is 5.75 Å². The highest BCUT2D eigenvalue weighted by Crippen LogP contribution is 2.37. The number of carbonyl (C=O) groups excluding carboxylic acids is 7. The average Bonchev–Trinajstić information content (AvgIpc) is 4.19. The number of nitrogens with zero attached hydrogens (tertiary/aromatic N) is 4. The van der Waals surface area contributed by atoms with Gasteiger partial charge in [-0.05, 0) is 89.4 Å². The Balaban J connectivity index is 0.944.